The number of fused-ring (bicyclic) bond motifs is 1. The second-order valence-electron chi connectivity index (χ2n) is 9.20. The summed E-state index contributed by atoms with van der Waals surface area (Å²) >= 11 is 0. The van der Waals surface area contributed by atoms with Crippen LogP contribution in [0.15, 0.2) is 77.8 Å². The lowest BCUT2D eigenvalue weighted by Crippen LogP contribution is -2.45. The van der Waals surface area contributed by atoms with Gasteiger partial charge in [-0.2, -0.15) is 4.31 Å². The topological polar surface area (TPSA) is 82.6 Å². The molecule has 2 aromatic carbocycles. The number of nitrogens with zero attached hydrogens (tertiary/aromatic N) is 3. The number of hydrogen-bond donors (Lipinski definition) is 1. The van der Waals surface area contributed by atoms with Crippen LogP contribution in [0.1, 0.15) is 29.5 Å². The minimum atomic E-state index is -3.59. The Morgan fingerprint density at radius 1 is 0.971 bits per heavy atom. The third kappa shape index (κ3) is 5.23. The van der Waals surface area contributed by atoms with Crippen molar-refractivity contribution in [2.45, 2.75) is 37.2 Å². The molecule has 182 valence electrons. The number of amides is 1. The molecule has 1 N–H and O–H groups in total. The third-order valence-corrected chi connectivity index (χ3v) is 8.75. The van der Waals surface area contributed by atoms with Crippen LogP contribution in [0.25, 0.3) is 0 Å². The van der Waals surface area contributed by atoms with Gasteiger partial charge in [-0.3, -0.25) is 4.79 Å². The van der Waals surface area contributed by atoms with Crippen LogP contribution in [0.2, 0.25) is 0 Å². The number of hydrogen-bond acceptors (Lipinski definition) is 5. The highest BCUT2D eigenvalue weighted by atomic mass is 32.2. The minimum absolute atomic E-state index is 0.116. The van der Waals surface area contributed by atoms with Crippen LogP contribution in [-0.4, -0.2) is 43.2 Å². The van der Waals surface area contributed by atoms with Crippen LogP contribution in [0.4, 0.5) is 5.82 Å². The summed E-state index contributed by atoms with van der Waals surface area (Å²) in [4.78, 5) is 20.0. The number of benzene rings is 2. The average molecular weight is 491 g/mol. The predicted molar refractivity (Wildman–Crippen MR) is 135 cm³/mol. The summed E-state index contributed by atoms with van der Waals surface area (Å²) in [6.45, 7) is 2.80. The summed E-state index contributed by atoms with van der Waals surface area (Å²) in [7, 11) is -3.59. The van der Waals surface area contributed by atoms with Gasteiger partial charge in [-0.25, -0.2) is 13.4 Å². The predicted octanol–water partition coefficient (Wildman–Crippen LogP) is 3.36. The number of nitrogens with one attached hydrogen (secondary N) is 1. The van der Waals surface area contributed by atoms with Gasteiger partial charge in [0.15, 0.2) is 0 Å². The van der Waals surface area contributed by atoms with Gasteiger partial charge in [-0.05, 0) is 54.2 Å². The number of aromatic nitrogens is 1. The maximum absolute atomic E-state index is 12.9. The first-order chi connectivity index (χ1) is 17.0. The van der Waals surface area contributed by atoms with E-state index in [2.05, 4.69) is 39.5 Å². The Hall–Kier alpha value is -3.23. The second kappa shape index (κ2) is 10.2. The van der Waals surface area contributed by atoms with E-state index in [0.29, 0.717) is 25.9 Å². The van der Waals surface area contributed by atoms with Gasteiger partial charge in [0, 0.05) is 38.9 Å². The zero-order valence-electron chi connectivity index (χ0n) is 19.6. The number of anilines is 1. The van der Waals surface area contributed by atoms with Gasteiger partial charge in [0.25, 0.3) is 0 Å². The monoisotopic (exact) mass is 490 g/mol. The van der Waals surface area contributed by atoms with E-state index in [1.54, 1.807) is 30.3 Å². The smallest absolute Gasteiger partial charge is 0.243 e. The van der Waals surface area contributed by atoms with Gasteiger partial charge >= 0.3 is 0 Å². The molecule has 0 aliphatic carbocycles. The summed E-state index contributed by atoms with van der Waals surface area (Å²) in [5.41, 5.74) is 3.66. The number of sulfonamides is 1. The molecule has 1 atom stereocenters. The Balaban J connectivity index is 1.16. The quantitative estimate of drug-likeness (QED) is 0.573. The highest BCUT2D eigenvalue weighted by Gasteiger charge is 2.33. The van der Waals surface area contributed by atoms with Crippen molar-refractivity contribution in [1.29, 1.82) is 0 Å². The largest absolute Gasteiger partial charge is 0.352 e. The van der Waals surface area contributed by atoms with E-state index in [9.17, 15) is 13.2 Å². The van der Waals surface area contributed by atoms with Crippen molar-refractivity contribution >= 4 is 21.7 Å². The molecule has 1 amide bonds. The van der Waals surface area contributed by atoms with Gasteiger partial charge in [0.2, 0.25) is 15.9 Å². The molecule has 3 heterocycles. The molecule has 1 fully saturated rings. The van der Waals surface area contributed by atoms with Crippen LogP contribution in [0, 0.1) is 5.92 Å². The molecule has 1 unspecified atom stereocenters. The SMILES string of the molecule is O=C(NCc1ccc(N2CCc3ccccc3C2)nc1)C1CCCN(S(=O)(=O)c2ccccc2)C1. The zero-order valence-corrected chi connectivity index (χ0v) is 20.5. The van der Waals surface area contributed by atoms with Crippen molar-refractivity contribution in [3.63, 3.8) is 0 Å². The third-order valence-electron chi connectivity index (χ3n) is 6.87. The summed E-state index contributed by atoms with van der Waals surface area (Å²) < 4.78 is 27.3. The highest BCUT2D eigenvalue weighted by Crippen LogP contribution is 2.25. The molecule has 2 aliphatic heterocycles. The molecule has 0 bridgehead atoms. The standard InChI is InChI=1S/C27H30N4O3S/c32-27(24-9-6-15-31(20-24)35(33,34)25-10-2-1-3-11-25)29-18-21-12-13-26(28-17-21)30-16-14-22-7-4-5-8-23(22)19-30/h1-5,7-8,10-13,17,24H,6,9,14-16,18-20H2,(H,29,32). The zero-order chi connectivity index (χ0) is 24.3. The summed E-state index contributed by atoms with van der Waals surface area (Å²) in [5.74, 6) is 0.459. The fourth-order valence-corrected chi connectivity index (χ4v) is 6.39. The average Bonchev–Trinajstić information content (AvgIpc) is 2.92. The summed E-state index contributed by atoms with van der Waals surface area (Å²) in [6.07, 6.45) is 4.16. The lowest BCUT2D eigenvalue weighted by atomic mass is 9.99. The van der Waals surface area contributed by atoms with E-state index in [0.717, 1.165) is 30.9 Å². The molecule has 7 nitrogen and oxygen atoms in total. The maximum atomic E-state index is 12.9. The molecule has 1 saturated heterocycles. The van der Waals surface area contributed by atoms with Gasteiger partial charge in [-0.1, -0.05) is 48.5 Å². The van der Waals surface area contributed by atoms with Crippen molar-refractivity contribution in [3.8, 4) is 0 Å². The van der Waals surface area contributed by atoms with Crippen molar-refractivity contribution in [2.24, 2.45) is 5.92 Å². The van der Waals surface area contributed by atoms with Crippen molar-refractivity contribution < 1.29 is 13.2 Å². The normalized spacial score (nSPS) is 18.6. The minimum Gasteiger partial charge on any atom is -0.352 e. The van der Waals surface area contributed by atoms with E-state index in [1.807, 2.05) is 18.3 Å². The van der Waals surface area contributed by atoms with Gasteiger partial charge < -0.3 is 10.2 Å². The van der Waals surface area contributed by atoms with Crippen molar-refractivity contribution in [3.05, 3.63) is 89.6 Å². The first-order valence-electron chi connectivity index (χ1n) is 12.1. The number of carbonyl (C=O) groups is 1. The van der Waals surface area contributed by atoms with E-state index in [1.165, 1.54) is 15.4 Å². The second-order valence-corrected chi connectivity index (χ2v) is 11.1. The van der Waals surface area contributed by atoms with Gasteiger partial charge in [0.1, 0.15) is 5.82 Å². The lowest BCUT2D eigenvalue weighted by molar-refractivity contribution is -0.126. The fourth-order valence-electron chi connectivity index (χ4n) is 4.85. The Labute approximate surface area is 206 Å². The van der Waals surface area contributed by atoms with Crippen LogP contribution in [0.3, 0.4) is 0 Å². The number of pyridine rings is 1. The van der Waals surface area contributed by atoms with Crippen LogP contribution >= 0.6 is 0 Å². The molecular weight excluding hydrogens is 460 g/mol. The molecule has 5 rings (SSSR count). The Bertz CT molecular complexity index is 1280. The molecule has 0 saturated carbocycles. The van der Waals surface area contributed by atoms with Crippen molar-refractivity contribution in [2.75, 3.05) is 24.5 Å². The first-order valence-corrected chi connectivity index (χ1v) is 13.5. The Morgan fingerprint density at radius 3 is 2.51 bits per heavy atom. The molecule has 8 heteroatoms. The molecule has 2 aliphatic rings. The van der Waals surface area contributed by atoms with Crippen LogP contribution in [-0.2, 0) is 34.3 Å². The molecule has 1 aromatic heterocycles. The summed E-state index contributed by atoms with van der Waals surface area (Å²) in [5, 5.41) is 2.98. The highest BCUT2D eigenvalue weighted by molar-refractivity contribution is 7.89. The molecule has 3 aromatic rings. The van der Waals surface area contributed by atoms with E-state index in [4.69, 9.17) is 0 Å². The number of rotatable bonds is 6. The fraction of sp³-hybridized carbons (Fsp3) is 0.333. The number of piperidine rings is 1. The van der Waals surface area contributed by atoms with E-state index >= 15 is 0 Å². The Kier molecular flexibility index (Phi) is 6.83. The van der Waals surface area contributed by atoms with Crippen LogP contribution in [0.5, 0.6) is 0 Å². The van der Waals surface area contributed by atoms with Gasteiger partial charge in [-0.15, -0.1) is 0 Å². The van der Waals surface area contributed by atoms with E-state index in [-0.39, 0.29) is 23.3 Å². The molecule has 0 spiro atoms. The van der Waals surface area contributed by atoms with E-state index < -0.39 is 10.0 Å². The Morgan fingerprint density at radius 2 is 1.74 bits per heavy atom. The molecular formula is C27H30N4O3S. The first kappa shape index (κ1) is 23.5. The molecule has 35 heavy (non-hydrogen) atoms. The van der Waals surface area contributed by atoms with Gasteiger partial charge in [0.05, 0.1) is 10.8 Å². The lowest BCUT2D eigenvalue weighted by Gasteiger charge is -2.31. The van der Waals surface area contributed by atoms with Crippen molar-refractivity contribution in [1.82, 2.24) is 14.6 Å². The molecule has 0 radical (unpaired) electrons. The summed E-state index contributed by atoms with van der Waals surface area (Å²) in [6, 6.07) is 20.9. The maximum Gasteiger partial charge on any atom is 0.243 e. The van der Waals surface area contributed by atoms with Crippen LogP contribution < -0.4 is 10.2 Å². The number of carbonyl (C=O) groups excluding carboxylic acids is 1.